The molecule has 0 bridgehead atoms. The zero-order valence-corrected chi connectivity index (χ0v) is 9.80. The Morgan fingerprint density at radius 1 is 1.29 bits per heavy atom. The highest BCUT2D eigenvalue weighted by Gasteiger charge is 2.19. The molecule has 0 fully saturated rings. The lowest BCUT2D eigenvalue weighted by molar-refractivity contribution is -0.130. The molecule has 6 nitrogen and oxygen atoms in total. The molecule has 1 aromatic carbocycles. The number of benzene rings is 1. The summed E-state index contributed by atoms with van der Waals surface area (Å²) in [7, 11) is 3.06. The Labute approximate surface area is 99.6 Å². The lowest BCUT2D eigenvalue weighted by atomic mass is 10.3. The molecule has 0 aromatic heterocycles. The molecular weight excluding hydrogens is 224 g/mol. The molecule has 0 aliphatic carbocycles. The Balaban J connectivity index is 2.68. The van der Waals surface area contributed by atoms with Gasteiger partial charge in [-0.05, 0) is 24.3 Å². The molecule has 0 aliphatic rings. The summed E-state index contributed by atoms with van der Waals surface area (Å²) in [6, 6.07) is 6.87. The van der Waals surface area contributed by atoms with Crippen LogP contribution in [0, 0.1) is 0 Å². The van der Waals surface area contributed by atoms with Gasteiger partial charge in [-0.2, -0.15) is 0 Å². The van der Waals surface area contributed by atoms with Crippen LogP contribution in [0.5, 0.6) is 11.5 Å². The van der Waals surface area contributed by atoms with Crippen LogP contribution >= 0.6 is 0 Å². The van der Waals surface area contributed by atoms with Gasteiger partial charge in [-0.1, -0.05) is 0 Å². The second-order valence-electron chi connectivity index (χ2n) is 3.25. The fourth-order valence-electron chi connectivity index (χ4n) is 1.23. The monoisotopic (exact) mass is 240 g/mol. The maximum atomic E-state index is 11.4. The second kappa shape index (κ2) is 6.72. The largest absolute Gasteiger partial charge is 0.497 e. The molecule has 1 amide bonds. The predicted molar refractivity (Wildman–Crippen MR) is 61.6 cm³/mol. The Morgan fingerprint density at radius 3 is 2.35 bits per heavy atom. The summed E-state index contributed by atoms with van der Waals surface area (Å²) in [5.74, 6) is 5.86. The number of ether oxygens (including phenoxy) is 3. The zero-order chi connectivity index (χ0) is 12.7. The predicted octanol–water partition coefficient (Wildman–Crippen LogP) is 0.0789. The van der Waals surface area contributed by atoms with Gasteiger partial charge in [0.25, 0.3) is 5.91 Å². The van der Waals surface area contributed by atoms with Crippen molar-refractivity contribution >= 4 is 5.91 Å². The quantitative estimate of drug-likeness (QED) is 0.418. The lowest BCUT2D eigenvalue weighted by Crippen LogP contribution is -2.44. The molecule has 1 rings (SSSR count). The van der Waals surface area contributed by atoms with Gasteiger partial charge >= 0.3 is 0 Å². The highest BCUT2D eigenvalue weighted by Crippen LogP contribution is 2.18. The van der Waals surface area contributed by atoms with E-state index in [2.05, 4.69) is 0 Å². The molecule has 0 spiro atoms. The van der Waals surface area contributed by atoms with Gasteiger partial charge in [0.15, 0.2) is 0 Å². The first kappa shape index (κ1) is 13.3. The summed E-state index contributed by atoms with van der Waals surface area (Å²) in [5.41, 5.74) is 2.02. The van der Waals surface area contributed by atoms with Crippen molar-refractivity contribution in [2.45, 2.75) is 6.10 Å². The average Bonchev–Trinajstić information content (AvgIpc) is 2.38. The van der Waals surface area contributed by atoms with Crippen LogP contribution in [0.2, 0.25) is 0 Å². The molecule has 0 saturated carbocycles. The second-order valence-corrected chi connectivity index (χ2v) is 3.25. The minimum atomic E-state index is -0.779. The van der Waals surface area contributed by atoms with E-state index < -0.39 is 12.0 Å². The number of carbonyl (C=O) groups excluding carboxylic acids is 1. The first-order chi connectivity index (χ1) is 8.21. The minimum absolute atomic E-state index is 0.120. The van der Waals surface area contributed by atoms with Gasteiger partial charge in [-0.25, -0.2) is 5.84 Å². The van der Waals surface area contributed by atoms with Crippen LogP contribution in [-0.4, -0.2) is 32.8 Å². The van der Waals surface area contributed by atoms with Crippen LogP contribution in [0.3, 0.4) is 0 Å². The Hall–Kier alpha value is -1.79. The molecule has 1 unspecified atom stereocenters. The third-order valence-corrected chi connectivity index (χ3v) is 2.09. The van der Waals surface area contributed by atoms with Crippen LogP contribution in [0.15, 0.2) is 24.3 Å². The number of amides is 1. The summed E-state index contributed by atoms with van der Waals surface area (Å²) in [6.45, 7) is 0.120. The van der Waals surface area contributed by atoms with Crippen molar-refractivity contribution in [1.29, 1.82) is 0 Å². The van der Waals surface area contributed by atoms with Crippen LogP contribution < -0.4 is 20.7 Å². The topological polar surface area (TPSA) is 82.8 Å². The van der Waals surface area contributed by atoms with Crippen LogP contribution in [0.1, 0.15) is 0 Å². The number of hydrogen-bond acceptors (Lipinski definition) is 5. The van der Waals surface area contributed by atoms with Gasteiger partial charge in [0.1, 0.15) is 11.5 Å². The van der Waals surface area contributed by atoms with E-state index in [4.69, 9.17) is 20.1 Å². The molecule has 1 atom stereocenters. The van der Waals surface area contributed by atoms with E-state index >= 15 is 0 Å². The van der Waals surface area contributed by atoms with Crippen molar-refractivity contribution in [2.24, 2.45) is 5.84 Å². The van der Waals surface area contributed by atoms with Gasteiger partial charge in [-0.15, -0.1) is 0 Å². The highest BCUT2D eigenvalue weighted by molar-refractivity contribution is 5.80. The fraction of sp³-hybridized carbons (Fsp3) is 0.364. The summed E-state index contributed by atoms with van der Waals surface area (Å²) in [4.78, 5) is 11.4. The normalized spacial score (nSPS) is 11.7. The van der Waals surface area contributed by atoms with Gasteiger partial charge in [0, 0.05) is 7.11 Å². The molecule has 6 heteroatoms. The molecule has 3 N–H and O–H groups in total. The molecule has 94 valence electrons. The van der Waals surface area contributed by atoms with Crippen molar-refractivity contribution in [1.82, 2.24) is 5.43 Å². The molecular formula is C11H16N2O4. The summed E-state index contributed by atoms with van der Waals surface area (Å²) in [5, 5.41) is 0. The Kier molecular flexibility index (Phi) is 5.25. The standard InChI is InChI=1S/C11H16N2O4/c1-15-7-10(11(14)13-12)17-9-5-3-8(16-2)4-6-9/h3-6,10H,7,12H2,1-2H3,(H,13,14). The third-order valence-electron chi connectivity index (χ3n) is 2.09. The SMILES string of the molecule is COCC(Oc1ccc(OC)cc1)C(=O)NN. The van der Waals surface area contributed by atoms with E-state index in [0.717, 1.165) is 0 Å². The van der Waals surface area contributed by atoms with E-state index in [0.29, 0.717) is 11.5 Å². The maximum absolute atomic E-state index is 11.4. The zero-order valence-electron chi connectivity index (χ0n) is 9.80. The number of carbonyl (C=O) groups is 1. The van der Waals surface area contributed by atoms with Crippen molar-refractivity contribution in [2.75, 3.05) is 20.8 Å². The number of hydrazine groups is 1. The number of nitrogens with two attached hydrogens (primary N) is 1. The lowest BCUT2D eigenvalue weighted by Gasteiger charge is -2.16. The highest BCUT2D eigenvalue weighted by atomic mass is 16.5. The molecule has 1 aromatic rings. The molecule has 0 heterocycles. The van der Waals surface area contributed by atoms with Gasteiger partial charge < -0.3 is 14.2 Å². The van der Waals surface area contributed by atoms with E-state index in [9.17, 15) is 4.79 Å². The summed E-state index contributed by atoms with van der Waals surface area (Å²) < 4.78 is 15.3. The summed E-state index contributed by atoms with van der Waals surface area (Å²) in [6.07, 6.45) is -0.779. The van der Waals surface area contributed by atoms with Crippen molar-refractivity contribution in [3.8, 4) is 11.5 Å². The van der Waals surface area contributed by atoms with Crippen LogP contribution in [0.25, 0.3) is 0 Å². The molecule has 0 saturated heterocycles. The summed E-state index contributed by atoms with van der Waals surface area (Å²) >= 11 is 0. The molecule has 17 heavy (non-hydrogen) atoms. The minimum Gasteiger partial charge on any atom is -0.497 e. The van der Waals surface area contributed by atoms with Crippen molar-refractivity contribution < 1.29 is 19.0 Å². The Morgan fingerprint density at radius 2 is 1.88 bits per heavy atom. The first-order valence-electron chi connectivity index (χ1n) is 5.01. The van der Waals surface area contributed by atoms with E-state index in [1.54, 1.807) is 31.4 Å². The smallest absolute Gasteiger partial charge is 0.277 e. The van der Waals surface area contributed by atoms with Crippen LogP contribution in [0.4, 0.5) is 0 Å². The number of methoxy groups -OCH3 is 2. The van der Waals surface area contributed by atoms with Gasteiger partial charge in [0.2, 0.25) is 6.10 Å². The van der Waals surface area contributed by atoms with E-state index in [-0.39, 0.29) is 6.61 Å². The van der Waals surface area contributed by atoms with E-state index in [1.807, 2.05) is 5.43 Å². The van der Waals surface area contributed by atoms with Crippen molar-refractivity contribution in [3.05, 3.63) is 24.3 Å². The van der Waals surface area contributed by atoms with Crippen molar-refractivity contribution in [3.63, 3.8) is 0 Å². The van der Waals surface area contributed by atoms with Crippen LogP contribution in [-0.2, 0) is 9.53 Å². The van der Waals surface area contributed by atoms with E-state index in [1.165, 1.54) is 7.11 Å². The Bertz CT molecular complexity index is 353. The molecule has 0 radical (unpaired) electrons. The van der Waals surface area contributed by atoms with Gasteiger partial charge in [0.05, 0.1) is 13.7 Å². The first-order valence-corrected chi connectivity index (χ1v) is 5.01. The molecule has 0 aliphatic heterocycles. The number of nitrogens with one attached hydrogen (secondary N) is 1. The average molecular weight is 240 g/mol. The third kappa shape index (κ3) is 3.93. The number of hydrogen-bond donors (Lipinski definition) is 2. The maximum Gasteiger partial charge on any atom is 0.277 e. The number of rotatable bonds is 6. The van der Waals surface area contributed by atoms with Gasteiger partial charge in [-0.3, -0.25) is 10.2 Å². The fourth-order valence-corrected chi connectivity index (χ4v) is 1.23.